The second-order valence-electron chi connectivity index (χ2n) is 21.6. The van der Waals surface area contributed by atoms with E-state index in [1.165, 1.54) is 53.8 Å². The molecule has 0 bridgehead atoms. The predicted octanol–water partition coefficient (Wildman–Crippen LogP) is 8.94. The van der Waals surface area contributed by atoms with E-state index in [4.69, 9.17) is 23.8 Å². The van der Waals surface area contributed by atoms with E-state index in [9.17, 15) is 24.3 Å². The van der Waals surface area contributed by atoms with Crippen LogP contribution in [0.4, 0.5) is 0 Å². The van der Waals surface area contributed by atoms with E-state index >= 15 is 0 Å². The van der Waals surface area contributed by atoms with E-state index in [2.05, 4.69) is 89.2 Å². The molecule has 4 amide bonds. The summed E-state index contributed by atoms with van der Waals surface area (Å²) >= 11 is 3.43. The minimum atomic E-state index is -0.964. The van der Waals surface area contributed by atoms with E-state index < -0.39 is 30.0 Å². The monoisotopic (exact) mass is 1130 g/mol. The first-order valence-electron chi connectivity index (χ1n) is 28.0. The van der Waals surface area contributed by atoms with E-state index in [-0.39, 0.29) is 68.0 Å². The summed E-state index contributed by atoms with van der Waals surface area (Å²) in [6.45, 7) is 18.7. The fourth-order valence-electron chi connectivity index (χ4n) is 10.9. The van der Waals surface area contributed by atoms with Crippen molar-refractivity contribution < 1.29 is 43.0 Å². The van der Waals surface area contributed by atoms with Crippen molar-refractivity contribution in [1.29, 1.82) is 0 Å². The Bertz CT molecular complexity index is 3010. The molecule has 0 radical (unpaired) electrons. The van der Waals surface area contributed by atoms with Gasteiger partial charge in [0.2, 0.25) is 23.6 Å². The summed E-state index contributed by atoms with van der Waals surface area (Å²) in [4.78, 5) is 64.7. The number of nitrogens with zero attached hydrogens (tertiary/aromatic N) is 5. The largest absolute Gasteiger partial charge is 0.391 e. The van der Waals surface area contributed by atoms with Crippen LogP contribution in [0.3, 0.4) is 0 Å². The van der Waals surface area contributed by atoms with Crippen LogP contribution in [0.15, 0.2) is 80.9 Å². The molecule has 3 aliphatic rings. The molecule has 6 atom stereocenters. The molecule has 5 heterocycles. The maximum Gasteiger partial charge on any atom is 0.243 e. The molecule has 0 spiro atoms. The lowest BCUT2D eigenvalue weighted by molar-refractivity contribution is -0.141. The van der Waals surface area contributed by atoms with Gasteiger partial charge in [0.1, 0.15) is 17.7 Å². The summed E-state index contributed by atoms with van der Waals surface area (Å²) in [5.41, 5.74) is 13.5. The van der Waals surface area contributed by atoms with Crippen molar-refractivity contribution in [3.05, 3.63) is 121 Å². The number of carbonyl (C=O) groups excluding carboxylic acids is 4. The maximum absolute atomic E-state index is 14.2. The Hall–Kier alpha value is -6.22. The average molecular weight is 1130 g/mol. The minimum absolute atomic E-state index is 0.00987. The summed E-state index contributed by atoms with van der Waals surface area (Å²) in [7, 11) is 0. The SMILES string of the molecule is CC1=NN=C2C1CCc1sc(C)c(C)c1/C(c1ccc(C)cc1)=C\CC[C@H]2CC(=O)NCCOCCOCCOCCNC(=O)C[C@H](NC(=O)[C@@H]1C[C@@H](O)CN1C(=O)[C@H](c1cc(C)no1)C(C)C)c1ccc(-c2scnc2C)cc1. The number of amides is 4. The maximum atomic E-state index is 14.2. The number of ether oxygens (including phenoxy) is 3. The second-order valence-corrected chi connectivity index (χ2v) is 23.7. The number of nitrogens with one attached hydrogen (secondary N) is 3. The van der Waals surface area contributed by atoms with Crippen molar-refractivity contribution in [2.45, 2.75) is 124 Å². The van der Waals surface area contributed by atoms with Gasteiger partial charge in [0.25, 0.3) is 0 Å². The average Bonchev–Trinajstić information content (AvgIpc) is 4.29. The third-order valence-corrected chi connectivity index (χ3v) is 17.6. The highest BCUT2D eigenvalue weighted by atomic mass is 32.1. The molecule has 1 saturated heterocycles. The number of allylic oxidation sites excluding steroid dienone is 1. The van der Waals surface area contributed by atoms with Crippen LogP contribution in [-0.2, 0) is 39.8 Å². The molecule has 3 aromatic heterocycles. The molecule has 2 aliphatic heterocycles. The molecule has 0 saturated carbocycles. The molecule has 80 heavy (non-hydrogen) atoms. The number of rotatable bonds is 24. The highest BCUT2D eigenvalue weighted by molar-refractivity contribution is 7.13. The van der Waals surface area contributed by atoms with Gasteiger partial charge in [-0.15, -0.1) is 22.7 Å². The molecule has 8 rings (SSSR count). The molecule has 4 N–H and O–H groups in total. The summed E-state index contributed by atoms with van der Waals surface area (Å²) in [6, 6.07) is 16.5. The molecule has 19 heteroatoms. The second kappa shape index (κ2) is 28.5. The fourth-order valence-corrected chi connectivity index (χ4v) is 13.0. The van der Waals surface area contributed by atoms with Crippen LogP contribution in [0.1, 0.15) is 126 Å². The van der Waals surface area contributed by atoms with Gasteiger partial charge in [-0.25, -0.2) is 4.98 Å². The fraction of sp³-hybridized carbons (Fsp3) is 0.508. The number of carbonyl (C=O) groups is 4. The Labute approximate surface area is 478 Å². The van der Waals surface area contributed by atoms with Crippen LogP contribution < -0.4 is 16.0 Å². The molecular weight excluding hydrogens is 1050 g/mol. The number of β-amino-alcohol motifs (C(OH)–C–C–N with tert-alkyl or cyclic N) is 1. The predicted molar refractivity (Wildman–Crippen MR) is 313 cm³/mol. The minimum Gasteiger partial charge on any atom is -0.391 e. The van der Waals surface area contributed by atoms with Crippen LogP contribution in [0.25, 0.3) is 16.0 Å². The van der Waals surface area contributed by atoms with E-state index in [1.54, 1.807) is 18.5 Å². The van der Waals surface area contributed by atoms with Crippen LogP contribution in [0, 0.1) is 52.4 Å². The highest BCUT2D eigenvalue weighted by Crippen LogP contribution is 2.40. The van der Waals surface area contributed by atoms with Crippen molar-refractivity contribution in [3.8, 4) is 10.4 Å². The number of aryl methyl sites for hydroxylation is 5. The Morgan fingerprint density at radius 2 is 1.51 bits per heavy atom. The smallest absolute Gasteiger partial charge is 0.243 e. The lowest BCUT2D eigenvalue weighted by Gasteiger charge is -2.30. The summed E-state index contributed by atoms with van der Waals surface area (Å²) in [6.07, 6.45) is 5.21. The Morgan fingerprint density at radius 1 is 0.838 bits per heavy atom. The zero-order valence-corrected chi connectivity index (χ0v) is 49.1. The standard InChI is InChI=1S/C61H78N8O9S2/c1-36(2)56(52-30-38(4)68-78-52)61(74)69-34-47(70)32-51(69)60(73)65-50(44-16-18-45(19-17-44)59-41(7)64-35-79-59)33-55(72)63-23-25-76-27-29-77-28-26-75-24-22-62-54(71)31-46-10-9-11-49(43-14-12-37(3)13-15-43)57-39(5)42(8)80-53(57)21-20-48-40(6)66-67-58(46)48/h11-19,30,35-36,46-48,50-51,56,70H,9-10,20-29,31-34H2,1-8H3,(H,62,71)(H,63,72)(H,65,73)/b49-11-/t46-,47+,48?,50-,51-,56-/m0/s1. The topological polar surface area (TPSA) is 219 Å². The van der Waals surface area contributed by atoms with Crippen LogP contribution in [-0.4, -0.2) is 127 Å². The highest BCUT2D eigenvalue weighted by Gasteiger charge is 2.44. The van der Waals surface area contributed by atoms with Gasteiger partial charge in [0.15, 0.2) is 0 Å². The zero-order valence-electron chi connectivity index (χ0n) is 47.5. The third kappa shape index (κ3) is 15.4. The lowest BCUT2D eigenvalue weighted by Crippen LogP contribution is -2.49. The number of thiophene rings is 1. The first kappa shape index (κ1) is 59.9. The van der Waals surface area contributed by atoms with Crippen LogP contribution in [0.5, 0.6) is 0 Å². The molecule has 428 valence electrons. The van der Waals surface area contributed by atoms with Gasteiger partial charge in [-0.2, -0.15) is 10.2 Å². The number of aromatic nitrogens is 2. The van der Waals surface area contributed by atoms with Crippen molar-refractivity contribution in [1.82, 2.24) is 31.0 Å². The molecule has 1 unspecified atom stereocenters. The van der Waals surface area contributed by atoms with Crippen LogP contribution >= 0.6 is 22.7 Å². The van der Waals surface area contributed by atoms with Gasteiger partial charge in [0.05, 0.1) is 85.7 Å². The number of aliphatic hydroxyl groups is 1. The number of benzene rings is 2. The number of hydrogen-bond acceptors (Lipinski definition) is 15. The Balaban J connectivity index is 0.746. The molecule has 1 fully saturated rings. The van der Waals surface area contributed by atoms with Gasteiger partial charge in [0, 0.05) is 65.8 Å². The van der Waals surface area contributed by atoms with E-state index in [1.807, 2.05) is 56.4 Å². The number of thiazole rings is 1. The Kier molecular flexibility index (Phi) is 21.3. The molecule has 17 nitrogen and oxygen atoms in total. The van der Waals surface area contributed by atoms with E-state index in [0.29, 0.717) is 63.0 Å². The molecule has 1 aliphatic carbocycles. The van der Waals surface area contributed by atoms with Gasteiger partial charge in [-0.1, -0.05) is 79.2 Å². The summed E-state index contributed by atoms with van der Waals surface area (Å²) < 4.78 is 22.7. The van der Waals surface area contributed by atoms with Crippen LogP contribution in [0.2, 0.25) is 0 Å². The first-order valence-corrected chi connectivity index (χ1v) is 29.7. The van der Waals surface area contributed by atoms with Crippen molar-refractivity contribution >= 4 is 63.3 Å². The number of likely N-dealkylation sites (tertiary alicyclic amines) is 1. The van der Waals surface area contributed by atoms with Gasteiger partial charge in [-0.3, -0.25) is 19.2 Å². The molecular formula is C61H78N8O9S2. The number of fused-ring (bicyclic) bond motifs is 2. The number of aliphatic hydroxyl groups excluding tert-OH is 1. The van der Waals surface area contributed by atoms with E-state index in [0.717, 1.165) is 53.2 Å². The third-order valence-electron chi connectivity index (χ3n) is 15.3. The summed E-state index contributed by atoms with van der Waals surface area (Å²) in [5, 5.41) is 33.0. The summed E-state index contributed by atoms with van der Waals surface area (Å²) in [5.74, 6) is -1.52. The number of hydrogen-bond donors (Lipinski definition) is 4. The van der Waals surface area contributed by atoms with Gasteiger partial charge in [-0.05, 0) is 107 Å². The quantitative estimate of drug-likeness (QED) is 0.0428. The normalized spacial score (nSPS) is 19.7. The van der Waals surface area contributed by atoms with Crippen molar-refractivity contribution in [2.75, 3.05) is 59.3 Å². The molecule has 5 aromatic rings. The lowest BCUT2D eigenvalue weighted by atomic mass is 9.82. The van der Waals surface area contributed by atoms with Crippen molar-refractivity contribution in [2.24, 2.45) is 28.0 Å². The zero-order chi connectivity index (χ0) is 56.9. The Morgan fingerprint density at radius 3 is 2.16 bits per heavy atom. The molecule has 2 aromatic carbocycles. The first-order chi connectivity index (χ1) is 38.6. The van der Waals surface area contributed by atoms with Gasteiger partial charge < -0.3 is 44.7 Å². The van der Waals surface area contributed by atoms with Crippen molar-refractivity contribution in [3.63, 3.8) is 0 Å². The van der Waals surface area contributed by atoms with Gasteiger partial charge >= 0.3 is 0 Å².